The van der Waals surface area contributed by atoms with Gasteiger partial charge in [-0.2, -0.15) is 0 Å². The smallest absolute Gasteiger partial charge is 0.329 e. The number of anilines is 1. The van der Waals surface area contributed by atoms with Crippen LogP contribution in [0, 0.1) is 17.2 Å². The number of hydrogen-bond acceptors (Lipinski definition) is 8. The maximum absolute atomic E-state index is 16.5. The van der Waals surface area contributed by atoms with Gasteiger partial charge >= 0.3 is 5.69 Å². The molecule has 4 saturated heterocycles. The van der Waals surface area contributed by atoms with Crippen molar-refractivity contribution in [1.29, 1.82) is 0 Å². The van der Waals surface area contributed by atoms with Gasteiger partial charge in [-0.3, -0.25) is 28.4 Å². The summed E-state index contributed by atoms with van der Waals surface area (Å²) in [6, 6.07) is 15.3. The third-order valence-corrected chi connectivity index (χ3v) is 18.7. The van der Waals surface area contributed by atoms with Crippen LogP contribution in [0.15, 0.2) is 59.4 Å². The van der Waals surface area contributed by atoms with Crippen molar-refractivity contribution in [2.75, 3.05) is 51.6 Å². The molecule has 2 aliphatic carbocycles. The van der Waals surface area contributed by atoms with Gasteiger partial charge in [-0.15, -0.1) is 0 Å². The number of benzene rings is 3. The monoisotopic (exact) mass is 982 g/mol. The van der Waals surface area contributed by atoms with E-state index in [9.17, 15) is 19.5 Å². The van der Waals surface area contributed by atoms with E-state index in [1.54, 1.807) is 40.4 Å². The highest BCUT2D eigenvalue weighted by Gasteiger charge is 2.74. The Morgan fingerprint density at radius 2 is 1.64 bits per heavy atom. The number of nitrogens with zero attached hydrogens (tertiary/aromatic N) is 5. The number of rotatable bonds is 9. The van der Waals surface area contributed by atoms with Crippen LogP contribution >= 0.6 is 23.2 Å². The van der Waals surface area contributed by atoms with Gasteiger partial charge in [-0.25, -0.2) is 9.18 Å². The second kappa shape index (κ2) is 18.1. The first kappa shape index (κ1) is 47.0. The number of aliphatic hydroxyl groups is 1. The number of likely N-dealkylation sites (N-methyl/N-ethyl adjacent to an activating group) is 1. The minimum absolute atomic E-state index is 0.00368. The van der Waals surface area contributed by atoms with Crippen molar-refractivity contribution >= 4 is 57.6 Å². The van der Waals surface area contributed by atoms with E-state index in [1.807, 2.05) is 19.2 Å². The van der Waals surface area contributed by atoms with E-state index in [0.29, 0.717) is 46.9 Å². The molecule has 4 aromatic rings. The number of nitrogens with one attached hydrogen (secondary N) is 3. The van der Waals surface area contributed by atoms with Crippen LogP contribution in [0.5, 0.6) is 0 Å². The molecule has 5 atom stereocenters. The number of halogens is 3. The second-order valence-electron chi connectivity index (χ2n) is 21.9. The molecule has 69 heavy (non-hydrogen) atoms. The summed E-state index contributed by atoms with van der Waals surface area (Å²) in [5.41, 5.74) is 2.71. The number of hydrogen-bond donors (Lipinski definition) is 4. The average molecular weight is 984 g/mol. The molecule has 3 spiro atoms. The summed E-state index contributed by atoms with van der Waals surface area (Å²) in [5.74, 6) is -1.41. The molecule has 3 amide bonds. The molecule has 0 radical (unpaired) electrons. The third kappa shape index (κ3) is 7.76. The Bertz CT molecular complexity index is 2730. The Balaban J connectivity index is 0.695. The van der Waals surface area contributed by atoms with Crippen molar-refractivity contribution in [3.63, 3.8) is 0 Å². The second-order valence-corrected chi connectivity index (χ2v) is 22.7. The summed E-state index contributed by atoms with van der Waals surface area (Å²) in [5, 5.41) is 20.2. The van der Waals surface area contributed by atoms with Gasteiger partial charge in [-0.1, -0.05) is 66.7 Å². The van der Waals surface area contributed by atoms with Crippen LogP contribution in [0.3, 0.4) is 0 Å². The van der Waals surface area contributed by atoms with Gasteiger partial charge in [0, 0.05) is 67.9 Å². The van der Waals surface area contributed by atoms with E-state index in [0.717, 1.165) is 107 Å². The molecular formula is C53H65Cl2FN8O5. The summed E-state index contributed by atoms with van der Waals surface area (Å²) in [6.07, 6.45) is 11.0. The van der Waals surface area contributed by atoms with E-state index in [2.05, 4.69) is 42.8 Å². The zero-order valence-electron chi connectivity index (χ0n) is 39.8. The number of amides is 3. The number of aliphatic hydroxyl groups excluding tert-OH is 1. The summed E-state index contributed by atoms with van der Waals surface area (Å²) >= 11 is 13.0. The summed E-state index contributed by atoms with van der Waals surface area (Å²) in [6.45, 7) is 6.48. The van der Waals surface area contributed by atoms with Crippen molar-refractivity contribution in [3.8, 4) is 0 Å². The maximum atomic E-state index is 16.5. The number of likely N-dealkylation sites (tertiary alicyclic amines) is 3. The minimum Gasteiger partial charge on any atom is -0.372 e. The largest absolute Gasteiger partial charge is 0.372 e. The van der Waals surface area contributed by atoms with E-state index in [-0.39, 0.29) is 40.9 Å². The molecule has 3 aromatic carbocycles. The zero-order valence-corrected chi connectivity index (χ0v) is 41.3. The van der Waals surface area contributed by atoms with Gasteiger partial charge < -0.3 is 30.9 Å². The van der Waals surface area contributed by atoms with Crippen LogP contribution in [0.2, 0.25) is 10.0 Å². The molecule has 1 aromatic heterocycles. The van der Waals surface area contributed by atoms with Crippen LogP contribution in [0.25, 0.3) is 11.0 Å². The van der Waals surface area contributed by atoms with Gasteiger partial charge in [0.15, 0.2) is 0 Å². The molecule has 2 unspecified atom stereocenters. The van der Waals surface area contributed by atoms with Gasteiger partial charge in [0.05, 0.1) is 28.1 Å². The first-order valence-corrected chi connectivity index (χ1v) is 26.2. The highest BCUT2D eigenvalue weighted by molar-refractivity contribution is 6.31. The molecule has 5 aliphatic heterocycles. The van der Waals surface area contributed by atoms with Crippen molar-refractivity contribution < 1.29 is 23.9 Å². The third-order valence-electron chi connectivity index (χ3n) is 18.2. The molecular weight excluding hydrogens is 919 g/mol. The fraction of sp³-hybridized carbons (Fsp3) is 0.585. The Kier molecular flexibility index (Phi) is 12.3. The van der Waals surface area contributed by atoms with E-state index < -0.39 is 41.0 Å². The summed E-state index contributed by atoms with van der Waals surface area (Å²) < 4.78 is 19.8. The molecule has 368 valence electrons. The minimum atomic E-state index is -1.24. The predicted molar refractivity (Wildman–Crippen MR) is 265 cm³/mol. The molecule has 16 heteroatoms. The van der Waals surface area contributed by atoms with E-state index >= 15 is 9.18 Å². The Morgan fingerprint density at radius 1 is 0.884 bits per heavy atom. The van der Waals surface area contributed by atoms with E-state index in [4.69, 9.17) is 23.2 Å². The molecule has 4 N–H and O–H groups in total. The predicted octanol–water partition coefficient (Wildman–Crippen LogP) is 6.86. The topological polar surface area (TPSA) is 144 Å². The fourth-order valence-electron chi connectivity index (χ4n) is 14.7. The van der Waals surface area contributed by atoms with Crippen LogP contribution in [0.1, 0.15) is 112 Å². The number of fused-ring (bicyclic) bond motifs is 4. The summed E-state index contributed by atoms with van der Waals surface area (Å²) in [7, 11) is 3.75. The average Bonchev–Trinajstić information content (AvgIpc) is 3.84. The molecule has 7 aliphatic rings. The molecule has 6 fully saturated rings. The van der Waals surface area contributed by atoms with Crippen LogP contribution < -0.4 is 21.6 Å². The molecule has 2 saturated carbocycles. The Hall–Kier alpha value is -4.31. The van der Waals surface area contributed by atoms with Gasteiger partial charge in [-0.05, 0) is 143 Å². The fourth-order valence-corrected chi connectivity index (χ4v) is 15.0. The first-order chi connectivity index (χ1) is 33.2. The van der Waals surface area contributed by atoms with Gasteiger partial charge in [0.1, 0.15) is 17.5 Å². The van der Waals surface area contributed by atoms with Crippen molar-refractivity contribution in [1.82, 2.24) is 34.5 Å². The molecule has 11 rings (SSSR count). The van der Waals surface area contributed by atoms with E-state index in [1.165, 1.54) is 24.5 Å². The zero-order chi connectivity index (χ0) is 48.0. The van der Waals surface area contributed by atoms with Crippen LogP contribution in [-0.2, 0) is 33.3 Å². The lowest BCUT2D eigenvalue weighted by Crippen LogP contribution is -2.60. The Labute approximate surface area is 413 Å². The highest BCUT2D eigenvalue weighted by atomic mass is 35.5. The van der Waals surface area contributed by atoms with Crippen molar-refractivity contribution in [3.05, 3.63) is 97.6 Å². The number of aromatic nitrogens is 2. The van der Waals surface area contributed by atoms with Crippen molar-refractivity contribution in [2.45, 2.75) is 131 Å². The van der Waals surface area contributed by atoms with Gasteiger partial charge in [0.2, 0.25) is 17.7 Å². The standard InChI is InChI=1S/C53H65Cl2FN8O5/c1-60-42-27-32(11-16-40(42)64(50(60)69)41-17-18-43(65)59-47(41)66)19-24-63-30-51(31-63)22-25-62(26-23-51)29-33-9-13-35(14-10-33)57-48(67)46-44(36-7-6-8-38(55)45(36)56)53(52(61(46)2)20-4-3-5-21-52)37-15-12-34(54)28-39(37)58-49(53)68/h6-8,11-12,15-16,27-28,33,35,41,44,46-47,66H,3-5,9-10,13-14,17-26,29-31H2,1-2H3,(H,57,67)(H,58,68)(H,59,65)/t33-,35-,41?,44-,46+,47?,53+/m0/s1. The lowest BCUT2D eigenvalue weighted by atomic mass is 9.55. The Morgan fingerprint density at radius 3 is 2.38 bits per heavy atom. The molecule has 0 bridgehead atoms. The lowest BCUT2D eigenvalue weighted by Gasteiger charge is -2.54. The number of aryl methyl sites for hydroxylation is 1. The number of piperidine rings is 2. The van der Waals surface area contributed by atoms with Crippen LogP contribution in [-0.4, -0.2) is 117 Å². The molecule has 13 nitrogen and oxygen atoms in total. The van der Waals surface area contributed by atoms with Crippen molar-refractivity contribution in [2.24, 2.45) is 18.4 Å². The SMILES string of the molecule is CN1[C@@H](C(=O)N[C@H]2CC[C@H](CN3CCC4(CC3)CN(CCc3ccc5c(c3)n(C)c(=O)n5C3CCC(=O)NC3O)C4)CC2)[C@H](c2cccc(Cl)c2F)[C@]2(C(=O)Nc3cc(Cl)ccc32)C12CCCCC2. The maximum Gasteiger partial charge on any atom is 0.329 e. The van der Waals surface area contributed by atoms with Crippen LogP contribution in [0.4, 0.5) is 10.1 Å². The number of carbonyl (C=O) groups is 3. The normalized spacial score (nSPS) is 30.2. The quantitative estimate of drug-likeness (QED) is 0.143. The molecule has 6 heterocycles. The first-order valence-electron chi connectivity index (χ1n) is 25.4. The van der Waals surface area contributed by atoms with Gasteiger partial charge in [0.25, 0.3) is 0 Å². The summed E-state index contributed by atoms with van der Waals surface area (Å²) in [4.78, 5) is 62.3. The highest BCUT2D eigenvalue weighted by Crippen LogP contribution is 2.66. The number of carbonyl (C=O) groups excluding carboxylic acids is 3. The lowest BCUT2D eigenvalue weighted by molar-refractivity contribution is -0.129. The number of imidazole rings is 1.